The molecule has 0 radical (unpaired) electrons. The number of thioether (sulfide) groups is 1. The average molecular weight is 354 g/mol. The van der Waals surface area contributed by atoms with Gasteiger partial charge < -0.3 is 14.4 Å². The van der Waals surface area contributed by atoms with Crippen molar-refractivity contribution in [2.24, 2.45) is 0 Å². The van der Waals surface area contributed by atoms with Crippen molar-refractivity contribution in [1.82, 2.24) is 9.80 Å². The van der Waals surface area contributed by atoms with Crippen LogP contribution in [-0.2, 0) is 0 Å². The summed E-state index contributed by atoms with van der Waals surface area (Å²) in [5.41, 5.74) is 0. The Morgan fingerprint density at radius 2 is 2.09 bits per heavy atom. The molecule has 0 aliphatic carbocycles. The molecule has 1 atom stereocenters. The van der Waals surface area contributed by atoms with Gasteiger partial charge in [0.15, 0.2) is 11.5 Å². The molecule has 0 spiro atoms. The number of hydrogen-bond donors (Lipinski definition) is 0. The molecule has 4 heterocycles. The third-order valence-electron chi connectivity index (χ3n) is 4.74. The normalized spacial score (nSPS) is 25.4. The molecule has 1 aromatic rings. The number of nitrogens with zero attached hydrogens (tertiary/aromatic N) is 2. The van der Waals surface area contributed by atoms with E-state index in [1.807, 2.05) is 10.3 Å². The molecule has 1 unspecified atom stereocenters. The average Bonchev–Trinajstić information content (AvgIpc) is 3.19. The van der Waals surface area contributed by atoms with Crippen molar-refractivity contribution >= 4 is 29.0 Å². The summed E-state index contributed by atoms with van der Waals surface area (Å²) in [6.45, 7) is 4.84. The minimum Gasteiger partial charge on any atom is -0.485 e. The molecule has 4 rings (SSSR count). The highest BCUT2D eigenvalue weighted by Crippen LogP contribution is 2.40. The molecule has 5 nitrogen and oxygen atoms in total. The van der Waals surface area contributed by atoms with Gasteiger partial charge in [-0.2, -0.15) is 11.8 Å². The molecule has 3 aliphatic rings. The maximum Gasteiger partial charge on any atom is 0.267 e. The lowest BCUT2D eigenvalue weighted by Crippen LogP contribution is -2.39. The Hall–Kier alpha value is -0.920. The fourth-order valence-electron chi connectivity index (χ4n) is 3.47. The van der Waals surface area contributed by atoms with Gasteiger partial charge in [0, 0.05) is 43.4 Å². The van der Waals surface area contributed by atoms with Crippen LogP contribution in [0.5, 0.6) is 11.5 Å². The summed E-state index contributed by atoms with van der Waals surface area (Å²) in [6, 6.07) is 0.710. The van der Waals surface area contributed by atoms with Gasteiger partial charge in [0.2, 0.25) is 0 Å². The number of fused-ring (bicyclic) bond motifs is 1. The van der Waals surface area contributed by atoms with E-state index in [1.54, 1.807) is 0 Å². The van der Waals surface area contributed by atoms with Crippen LogP contribution in [0.15, 0.2) is 5.38 Å². The molecule has 0 N–H and O–H groups in total. The standard InChI is InChI=1S/C16H22N2O3S2/c19-16(15-14-13(11-23-15)20-7-8-21-14)18-4-1-3-17(5-6-18)12-2-9-22-10-12/h11-12H,1-10H2. The lowest BCUT2D eigenvalue weighted by Gasteiger charge is -2.26. The summed E-state index contributed by atoms with van der Waals surface area (Å²) in [7, 11) is 0. The van der Waals surface area contributed by atoms with Crippen LogP contribution in [0.3, 0.4) is 0 Å². The zero-order valence-corrected chi connectivity index (χ0v) is 14.8. The highest BCUT2D eigenvalue weighted by Gasteiger charge is 2.30. The Bertz CT molecular complexity index is 572. The molecule has 1 aromatic heterocycles. The molecule has 0 aromatic carbocycles. The van der Waals surface area contributed by atoms with Crippen LogP contribution in [0.4, 0.5) is 0 Å². The van der Waals surface area contributed by atoms with Crippen LogP contribution in [0, 0.1) is 0 Å². The van der Waals surface area contributed by atoms with E-state index in [0.717, 1.165) is 38.3 Å². The number of ether oxygens (including phenoxy) is 2. The van der Waals surface area contributed by atoms with Gasteiger partial charge in [-0.25, -0.2) is 0 Å². The molecule has 2 fully saturated rings. The van der Waals surface area contributed by atoms with Crippen LogP contribution in [-0.4, -0.2) is 72.6 Å². The van der Waals surface area contributed by atoms with Crippen LogP contribution >= 0.6 is 23.1 Å². The third-order valence-corrected chi connectivity index (χ3v) is 6.81. The summed E-state index contributed by atoms with van der Waals surface area (Å²) in [4.78, 5) is 18.2. The first kappa shape index (κ1) is 15.6. The van der Waals surface area contributed by atoms with Gasteiger partial charge >= 0.3 is 0 Å². The van der Waals surface area contributed by atoms with Crippen molar-refractivity contribution in [3.05, 3.63) is 10.3 Å². The van der Waals surface area contributed by atoms with E-state index in [4.69, 9.17) is 9.47 Å². The SMILES string of the molecule is O=C(c1scc2c1OCCO2)N1CCCN(C2CCSC2)CC1. The van der Waals surface area contributed by atoms with E-state index in [2.05, 4.69) is 16.7 Å². The van der Waals surface area contributed by atoms with Gasteiger partial charge in [-0.05, 0) is 18.6 Å². The Balaban J connectivity index is 1.43. The Labute approximate surface area is 144 Å². The number of rotatable bonds is 2. The zero-order valence-electron chi connectivity index (χ0n) is 13.2. The second kappa shape index (κ2) is 6.91. The van der Waals surface area contributed by atoms with Gasteiger partial charge in [-0.1, -0.05) is 0 Å². The fraction of sp³-hybridized carbons (Fsp3) is 0.688. The van der Waals surface area contributed by atoms with E-state index in [-0.39, 0.29) is 5.91 Å². The molecule has 0 saturated carbocycles. The molecular formula is C16H22N2O3S2. The summed E-state index contributed by atoms with van der Waals surface area (Å²) in [5, 5.41) is 1.89. The summed E-state index contributed by atoms with van der Waals surface area (Å²) in [6.07, 6.45) is 2.35. The predicted octanol–water partition coefficient (Wildman–Crippen LogP) is 2.17. The maximum atomic E-state index is 12.9. The second-order valence-corrected chi connectivity index (χ2v) is 8.18. The highest BCUT2D eigenvalue weighted by molar-refractivity contribution is 7.99. The minimum absolute atomic E-state index is 0.101. The first-order chi connectivity index (χ1) is 11.3. The van der Waals surface area contributed by atoms with Crippen LogP contribution in [0.25, 0.3) is 0 Å². The fourth-order valence-corrected chi connectivity index (χ4v) is 5.62. The number of thiophene rings is 1. The van der Waals surface area contributed by atoms with Crippen LogP contribution < -0.4 is 9.47 Å². The monoisotopic (exact) mass is 354 g/mol. The second-order valence-electron chi connectivity index (χ2n) is 6.15. The Kier molecular flexibility index (Phi) is 4.68. The third kappa shape index (κ3) is 3.19. The molecule has 2 saturated heterocycles. The van der Waals surface area contributed by atoms with Gasteiger partial charge in [0.05, 0.1) is 0 Å². The van der Waals surface area contributed by atoms with E-state index >= 15 is 0 Å². The molecule has 23 heavy (non-hydrogen) atoms. The van der Waals surface area contributed by atoms with Crippen molar-refractivity contribution in [2.45, 2.75) is 18.9 Å². The first-order valence-electron chi connectivity index (χ1n) is 8.31. The maximum absolute atomic E-state index is 12.9. The van der Waals surface area contributed by atoms with Gasteiger partial charge in [0.25, 0.3) is 5.91 Å². The number of carbonyl (C=O) groups excluding carboxylic acids is 1. The first-order valence-corrected chi connectivity index (χ1v) is 10.3. The predicted molar refractivity (Wildman–Crippen MR) is 93.1 cm³/mol. The highest BCUT2D eigenvalue weighted by atomic mass is 32.2. The number of amides is 1. The number of carbonyl (C=O) groups is 1. The molecule has 1 amide bonds. The summed E-state index contributed by atoms with van der Waals surface area (Å²) >= 11 is 3.49. The van der Waals surface area contributed by atoms with E-state index in [1.165, 1.54) is 29.3 Å². The summed E-state index contributed by atoms with van der Waals surface area (Å²) < 4.78 is 11.2. The van der Waals surface area contributed by atoms with E-state index in [9.17, 15) is 4.79 Å². The van der Waals surface area contributed by atoms with Crippen LogP contribution in [0.1, 0.15) is 22.5 Å². The van der Waals surface area contributed by atoms with Crippen molar-refractivity contribution in [3.63, 3.8) is 0 Å². The Morgan fingerprint density at radius 1 is 1.17 bits per heavy atom. The van der Waals surface area contributed by atoms with Gasteiger partial charge in [0.1, 0.15) is 18.1 Å². The molecule has 126 valence electrons. The molecule has 7 heteroatoms. The topological polar surface area (TPSA) is 42.0 Å². The largest absolute Gasteiger partial charge is 0.485 e. The van der Waals surface area contributed by atoms with Crippen molar-refractivity contribution in [2.75, 3.05) is 50.9 Å². The van der Waals surface area contributed by atoms with Crippen LogP contribution in [0.2, 0.25) is 0 Å². The Morgan fingerprint density at radius 3 is 2.96 bits per heavy atom. The smallest absolute Gasteiger partial charge is 0.267 e. The van der Waals surface area contributed by atoms with Gasteiger partial charge in [-0.3, -0.25) is 9.69 Å². The van der Waals surface area contributed by atoms with Gasteiger partial charge in [-0.15, -0.1) is 11.3 Å². The lowest BCUT2D eigenvalue weighted by molar-refractivity contribution is 0.0755. The molecule has 0 bridgehead atoms. The quantitative estimate of drug-likeness (QED) is 0.814. The zero-order chi connectivity index (χ0) is 15.6. The molecular weight excluding hydrogens is 332 g/mol. The lowest BCUT2D eigenvalue weighted by atomic mass is 10.2. The van der Waals surface area contributed by atoms with E-state index in [0.29, 0.717) is 29.9 Å². The van der Waals surface area contributed by atoms with Crippen molar-refractivity contribution < 1.29 is 14.3 Å². The molecule has 3 aliphatic heterocycles. The minimum atomic E-state index is 0.101. The van der Waals surface area contributed by atoms with Crippen molar-refractivity contribution in [3.8, 4) is 11.5 Å². The summed E-state index contributed by atoms with van der Waals surface area (Å²) in [5.74, 6) is 4.01. The van der Waals surface area contributed by atoms with E-state index < -0.39 is 0 Å². The van der Waals surface area contributed by atoms with Crippen molar-refractivity contribution in [1.29, 1.82) is 0 Å². The number of hydrogen-bond acceptors (Lipinski definition) is 6.